The molecule has 0 aliphatic rings. The van der Waals surface area contributed by atoms with Crippen LogP contribution < -0.4 is 5.46 Å². The third kappa shape index (κ3) is 4.04. The molecule has 0 saturated heterocycles. The van der Waals surface area contributed by atoms with Crippen molar-refractivity contribution in [2.75, 3.05) is 0 Å². The molecule has 0 amide bonds. The molecule has 2 aromatic rings. The van der Waals surface area contributed by atoms with Gasteiger partial charge in [0.1, 0.15) is 7.85 Å². The maximum Gasteiger partial charge on any atom is 0.139 e. The van der Waals surface area contributed by atoms with Crippen molar-refractivity contribution in [1.29, 1.82) is 0 Å². The molecule has 0 aliphatic carbocycles. The topological polar surface area (TPSA) is 0 Å². The maximum absolute atomic E-state index is 3.95. The van der Waals surface area contributed by atoms with Crippen molar-refractivity contribution in [3.63, 3.8) is 0 Å². The predicted octanol–water partition coefficient (Wildman–Crippen LogP) is 4.28. The lowest BCUT2D eigenvalue weighted by Gasteiger charge is -2.14. The van der Waals surface area contributed by atoms with E-state index >= 15 is 0 Å². The van der Waals surface area contributed by atoms with Crippen LogP contribution in [0.25, 0.3) is 12.2 Å². The lowest BCUT2D eigenvalue weighted by Crippen LogP contribution is -2.10. The Morgan fingerprint density at radius 1 is 0.913 bits per heavy atom. The van der Waals surface area contributed by atoms with Gasteiger partial charge < -0.3 is 0 Å². The first-order valence-corrected chi connectivity index (χ1v) is 8.56. The molecule has 0 nitrogen and oxygen atoms in total. The number of hydrogen-bond acceptors (Lipinski definition) is 0. The molecule has 0 atom stereocenters. The van der Waals surface area contributed by atoms with Gasteiger partial charge in [-0.05, 0) is 54.0 Å². The van der Waals surface area contributed by atoms with Crippen molar-refractivity contribution in [2.24, 2.45) is 0 Å². The summed E-state index contributed by atoms with van der Waals surface area (Å²) < 4.78 is 0. The summed E-state index contributed by atoms with van der Waals surface area (Å²) in [6.45, 7) is 12.4. The van der Waals surface area contributed by atoms with E-state index in [0.717, 1.165) is 19.3 Å². The fraction of sp³-hybridized carbons (Fsp3) is 0.273. The van der Waals surface area contributed by atoms with E-state index in [1.165, 1.54) is 45.3 Å². The molecule has 23 heavy (non-hydrogen) atoms. The third-order valence-electron chi connectivity index (χ3n) is 4.74. The molecule has 0 N–H and O–H groups in total. The zero-order chi connectivity index (χ0) is 16.8. The molecule has 0 aromatic heterocycles. The summed E-state index contributed by atoms with van der Waals surface area (Å²) in [6.07, 6.45) is 8.34. The first kappa shape index (κ1) is 17.3. The van der Waals surface area contributed by atoms with Gasteiger partial charge in [-0.15, -0.1) is 0 Å². The van der Waals surface area contributed by atoms with Crippen LogP contribution >= 0.6 is 0 Å². The average molecular weight is 302 g/mol. The lowest BCUT2D eigenvalue weighted by molar-refractivity contribution is 0.872. The highest BCUT2D eigenvalue weighted by atomic mass is 14.1. The van der Waals surface area contributed by atoms with E-state index in [0.29, 0.717) is 0 Å². The monoisotopic (exact) mass is 302 g/mol. The standard InChI is InChI=1S/C22H27B/c1-5-9-20-14-17(6-2)18(7-3)15-21(20)13-12-19-10-8-11-22(23)16(19)4/h6-8,10-11,14-15H,2-3,5,9,12-13,23H2,1,4H3. The molecule has 1 heteroatoms. The summed E-state index contributed by atoms with van der Waals surface area (Å²) in [5.41, 5.74) is 9.56. The van der Waals surface area contributed by atoms with Crippen LogP contribution in [-0.2, 0) is 19.3 Å². The van der Waals surface area contributed by atoms with Crippen LogP contribution in [0.15, 0.2) is 43.5 Å². The summed E-state index contributed by atoms with van der Waals surface area (Å²) >= 11 is 0. The van der Waals surface area contributed by atoms with E-state index in [-0.39, 0.29) is 0 Å². The van der Waals surface area contributed by atoms with Gasteiger partial charge >= 0.3 is 0 Å². The highest BCUT2D eigenvalue weighted by Crippen LogP contribution is 2.23. The molecule has 2 aromatic carbocycles. The fourth-order valence-corrected chi connectivity index (χ4v) is 3.17. The van der Waals surface area contributed by atoms with Gasteiger partial charge in [0.05, 0.1) is 0 Å². The smallest absolute Gasteiger partial charge is 0.0984 e. The zero-order valence-electron chi connectivity index (χ0n) is 14.8. The minimum Gasteiger partial charge on any atom is -0.0984 e. The van der Waals surface area contributed by atoms with Crippen LogP contribution in [0.3, 0.4) is 0 Å². The lowest BCUT2D eigenvalue weighted by atomic mass is 9.86. The molecule has 0 fully saturated rings. The summed E-state index contributed by atoms with van der Waals surface area (Å²) in [7, 11) is 2.19. The van der Waals surface area contributed by atoms with Gasteiger partial charge in [0.15, 0.2) is 0 Å². The van der Waals surface area contributed by atoms with Crippen LogP contribution in [-0.4, -0.2) is 7.85 Å². The van der Waals surface area contributed by atoms with E-state index in [1.807, 2.05) is 12.2 Å². The quantitative estimate of drug-likeness (QED) is 0.670. The number of hydrogen-bond donors (Lipinski definition) is 0. The predicted molar refractivity (Wildman–Crippen MR) is 107 cm³/mol. The van der Waals surface area contributed by atoms with Crippen molar-refractivity contribution >= 4 is 25.5 Å². The van der Waals surface area contributed by atoms with Gasteiger partial charge in [0, 0.05) is 0 Å². The molecule has 0 saturated carbocycles. The Kier molecular flexibility index (Phi) is 6.04. The van der Waals surface area contributed by atoms with Crippen LogP contribution in [0, 0.1) is 6.92 Å². The summed E-state index contributed by atoms with van der Waals surface area (Å²) in [5, 5.41) is 0. The summed E-state index contributed by atoms with van der Waals surface area (Å²) in [6, 6.07) is 11.2. The van der Waals surface area contributed by atoms with Crippen LogP contribution in [0.5, 0.6) is 0 Å². The van der Waals surface area contributed by atoms with Crippen LogP contribution in [0.4, 0.5) is 0 Å². The van der Waals surface area contributed by atoms with Gasteiger partial charge in [-0.25, -0.2) is 0 Å². The van der Waals surface area contributed by atoms with Crippen molar-refractivity contribution < 1.29 is 0 Å². The Hall–Kier alpha value is -2.02. The first-order valence-electron chi connectivity index (χ1n) is 8.56. The van der Waals surface area contributed by atoms with Crippen molar-refractivity contribution in [1.82, 2.24) is 0 Å². The second-order valence-corrected chi connectivity index (χ2v) is 6.27. The van der Waals surface area contributed by atoms with Crippen molar-refractivity contribution in [3.8, 4) is 0 Å². The highest BCUT2D eigenvalue weighted by molar-refractivity contribution is 6.33. The van der Waals surface area contributed by atoms with Gasteiger partial charge in [-0.1, -0.05) is 80.0 Å². The molecule has 0 aliphatic heterocycles. The molecule has 0 radical (unpaired) electrons. The van der Waals surface area contributed by atoms with Gasteiger partial charge in [-0.2, -0.15) is 0 Å². The highest BCUT2D eigenvalue weighted by Gasteiger charge is 2.08. The fourth-order valence-electron chi connectivity index (χ4n) is 3.17. The second kappa shape index (κ2) is 8.01. The van der Waals surface area contributed by atoms with E-state index in [9.17, 15) is 0 Å². The largest absolute Gasteiger partial charge is 0.139 e. The molecule has 118 valence electrons. The maximum atomic E-state index is 3.95. The van der Waals surface area contributed by atoms with Crippen molar-refractivity contribution in [3.05, 3.63) is 76.9 Å². The van der Waals surface area contributed by atoms with Crippen molar-refractivity contribution in [2.45, 2.75) is 39.5 Å². The molecule has 0 spiro atoms. The molecule has 0 bridgehead atoms. The Bertz CT molecular complexity index is 710. The number of aryl methyl sites for hydroxylation is 3. The van der Waals surface area contributed by atoms with Crippen LogP contribution in [0.2, 0.25) is 0 Å². The van der Waals surface area contributed by atoms with E-state index < -0.39 is 0 Å². The minimum atomic E-state index is 1.08. The third-order valence-corrected chi connectivity index (χ3v) is 4.74. The summed E-state index contributed by atoms with van der Waals surface area (Å²) in [4.78, 5) is 0. The Labute approximate surface area is 142 Å². The SMILES string of the molecule is Bc1cccc(CCc2cc(C=C)c(C=C)cc2CCC)c1C. The normalized spacial score (nSPS) is 10.5. The van der Waals surface area contributed by atoms with E-state index in [1.54, 1.807) is 0 Å². The van der Waals surface area contributed by atoms with Gasteiger partial charge in [-0.3, -0.25) is 0 Å². The number of benzene rings is 2. The van der Waals surface area contributed by atoms with Gasteiger partial charge in [0.25, 0.3) is 0 Å². The average Bonchev–Trinajstić information content (AvgIpc) is 2.56. The van der Waals surface area contributed by atoms with E-state index in [4.69, 9.17) is 0 Å². The number of rotatable bonds is 7. The Balaban J connectivity index is 2.32. The van der Waals surface area contributed by atoms with Gasteiger partial charge in [0.2, 0.25) is 0 Å². The van der Waals surface area contributed by atoms with Crippen LogP contribution in [0.1, 0.15) is 46.7 Å². The molecular formula is C22H27B. The molecule has 0 unspecified atom stereocenters. The molecular weight excluding hydrogens is 275 g/mol. The second-order valence-electron chi connectivity index (χ2n) is 6.27. The Morgan fingerprint density at radius 2 is 1.48 bits per heavy atom. The minimum absolute atomic E-state index is 1.08. The van der Waals surface area contributed by atoms with E-state index in [2.05, 4.69) is 65.2 Å². The molecule has 2 rings (SSSR count). The first-order chi connectivity index (χ1) is 11.1. The Morgan fingerprint density at radius 3 is 2.04 bits per heavy atom. The molecule has 0 heterocycles. The summed E-state index contributed by atoms with van der Waals surface area (Å²) in [5.74, 6) is 0. The zero-order valence-corrected chi connectivity index (χ0v) is 14.8.